The number of nitrogen functional groups attached to an aromatic ring is 1. The number of anilines is 1. The van der Waals surface area contributed by atoms with E-state index in [9.17, 15) is 0 Å². The average molecular weight is 195 g/mol. The third kappa shape index (κ3) is 2.21. The lowest BCUT2D eigenvalue weighted by Gasteiger charge is -2.23. The molecule has 2 unspecified atom stereocenters. The molecule has 0 saturated carbocycles. The van der Waals surface area contributed by atoms with Gasteiger partial charge in [-0.2, -0.15) is 0 Å². The van der Waals surface area contributed by atoms with Crippen LogP contribution in [-0.2, 0) is 4.74 Å². The summed E-state index contributed by atoms with van der Waals surface area (Å²) in [5.74, 6) is 0.552. The van der Waals surface area contributed by atoms with Gasteiger partial charge in [0.15, 0.2) is 0 Å². The molecule has 0 spiro atoms. The van der Waals surface area contributed by atoms with E-state index < -0.39 is 0 Å². The third-order valence-corrected chi connectivity index (χ3v) is 2.36. The number of pyridine rings is 1. The second-order valence-electron chi connectivity index (χ2n) is 3.19. The SMILES string of the molecule is CNC(c1cccnc1N)C(C)OC. The summed E-state index contributed by atoms with van der Waals surface area (Å²) in [6.45, 7) is 1.99. The first-order valence-corrected chi connectivity index (χ1v) is 4.61. The summed E-state index contributed by atoms with van der Waals surface area (Å²) in [5.41, 5.74) is 6.76. The number of nitrogens with two attached hydrogens (primary N) is 1. The van der Waals surface area contributed by atoms with Gasteiger partial charge in [-0.1, -0.05) is 6.07 Å². The zero-order valence-electron chi connectivity index (χ0n) is 8.82. The van der Waals surface area contributed by atoms with Gasteiger partial charge in [-0.25, -0.2) is 4.98 Å². The van der Waals surface area contributed by atoms with Crippen LogP contribution in [0.3, 0.4) is 0 Å². The van der Waals surface area contributed by atoms with Crippen molar-refractivity contribution in [3.8, 4) is 0 Å². The molecule has 1 aromatic rings. The first kappa shape index (κ1) is 10.9. The van der Waals surface area contributed by atoms with Crippen LogP contribution in [0.25, 0.3) is 0 Å². The minimum Gasteiger partial charge on any atom is -0.383 e. The van der Waals surface area contributed by atoms with Crippen LogP contribution in [0.2, 0.25) is 0 Å². The molecule has 0 aromatic carbocycles. The lowest BCUT2D eigenvalue weighted by atomic mass is 10.0. The fraction of sp³-hybridized carbons (Fsp3) is 0.500. The highest BCUT2D eigenvalue weighted by Crippen LogP contribution is 2.21. The molecule has 0 aliphatic carbocycles. The molecule has 0 fully saturated rings. The van der Waals surface area contributed by atoms with E-state index in [1.54, 1.807) is 13.3 Å². The topological polar surface area (TPSA) is 60.2 Å². The van der Waals surface area contributed by atoms with Gasteiger partial charge in [0.25, 0.3) is 0 Å². The Morgan fingerprint density at radius 1 is 1.57 bits per heavy atom. The number of aromatic nitrogens is 1. The Morgan fingerprint density at radius 3 is 2.79 bits per heavy atom. The van der Waals surface area contributed by atoms with Crippen LogP contribution in [0.15, 0.2) is 18.3 Å². The van der Waals surface area contributed by atoms with Crippen molar-refractivity contribution in [2.24, 2.45) is 0 Å². The van der Waals surface area contributed by atoms with Gasteiger partial charge in [0.05, 0.1) is 12.1 Å². The molecule has 78 valence electrons. The highest BCUT2D eigenvalue weighted by molar-refractivity contribution is 5.41. The normalized spacial score (nSPS) is 15.1. The van der Waals surface area contributed by atoms with E-state index in [0.29, 0.717) is 5.82 Å². The molecule has 14 heavy (non-hydrogen) atoms. The van der Waals surface area contributed by atoms with Crippen LogP contribution in [0.1, 0.15) is 18.5 Å². The van der Waals surface area contributed by atoms with E-state index in [-0.39, 0.29) is 12.1 Å². The predicted molar refractivity (Wildman–Crippen MR) is 56.9 cm³/mol. The molecule has 0 aliphatic rings. The molecule has 0 amide bonds. The zero-order chi connectivity index (χ0) is 10.6. The van der Waals surface area contributed by atoms with Crippen LogP contribution < -0.4 is 11.1 Å². The monoisotopic (exact) mass is 195 g/mol. The maximum absolute atomic E-state index is 5.78. The van der Waals surface area contributed by atoms with Gasteiger partial charge in [-0.15, -0.1) is 0 Å². The van der Waals surface area contributed by atoms with Crippen molar-refractivity contribution in [1.29, 1.82) is 0 Å². The number of ether oxygens (including phenoxy) is 1. The Bertz CT molecular complexity index is 290. The summed E-state index contributed by atoms with van der Waals surface area (Å²) in [6, 6.07) is 3.91. The van der Waals surface area contributed by atoms with Crippen molar-refractivity contribution in [3.63, 3.8) is 0 Å². The quantitative estimate of drug-likeness (QED) is 0.751. The van der Waals surface area contributed by atoms with E-state index in [0.717, 1.165) is 5.56 Å². The Kier molecular flexibility index (Phi) is 3.85. The molecule has 4 nitrogen and oxygen atoms in total. The summed E-state index contributed by atoms with van der Waals surface area (Å²) in [7, 11) is 3.56. The van der Waals surface area contributed by atoms with E-state index in [2.05, 4.69) is 10.3 Å². The first-order valence-electron chi connectivity index (χ1n) is 4.61. The minimum absolute atomic E-state index is 0.0616. The Morgan fingerprint density at radius 2 is 2.29 bits per heavy atom. The van der Waals surface area contributed by atoms with Crippen molar-refractivity contribution in [1.82, 2.24) is 10.3 Å². The van der Waals surface area contributed by atoms with Crippen LogP contribution in [0.4, 0.5) is 5.82 Å². The molecule has 0 aliphatic heterocycles. The van der Waals surface area contributed by atoms with Gasteiger partial charge in [-0.05, 0) is 20.0 Å². The predicted octanol–water partition coefficient (Wildman–Crippen LogP) is 0.959. The fourth-order valence-corrected chi connectivity index (χ4v) is 1.47. The van der Waals surface area contributed by atoms with Crippen LogP contribution in [0.5, 0.6) is 0 Å². The molecular weight excluding hydrogens is 178 g/mol. The van der Waals surface area contributed by atoms with E-state index in [1.807, 2.05) is 26.1 Å². The molecule has 1 rings (SSSR count). The molecule has 1 aromatic heterocycles. The largest absolute Gasteiger partial charge is 0.383 e. The Hall–Kier alpha value is -1.13. The number of hydrogen-bond acceptors (Lipinski definition) is 4. The number of rotatable bonds is 4. The average Bonchev–Trinajstić information content (AvgIpc) is 2.21. The van der Waals surface area contributed by atoms with Crippen molar-refractivity contribution >= 4 is 5.82 Å². The van der Waals surface area contributed by atoms with Gasteiger partial charge in [0.1, 0.15) is 5.82 Å². The Balaban J connectivity index is 2.94. The maximum atomic E-state index is 5.78. The molecule has 0 saturated heterocycles. The number of nitrogens with zero attached hydrogens (tertiary/aromatic N) is 1. The summed E-state index contributed by atoms with van der Waals surface area (Å²) in [6.07, 6.45) is 1.75. The molecular formula is C10H17N3O. The second-order valence-corrected chi connectivity index (χ2v) is 3.19. The number of likely N-dealkylation sites (N-methyl/N-ethyl adjacent to an activating group) is 1. The summed E-state index contributed by atoms with van der Waals surface area (Å²) in [4.78, 5) is 4.05. The van der Waals surface area contributed by atoms with Crippen molar-refractivity contribution in [2.45, 2.75) is 19.1 Å². The van der Waals surface area contributed by atoms with E-state index >= 15 is 0 Å². The summed E-state index contributed by atoms with van der Waals surface area (Å²) < 4.78 is 5.27. The smallest absolute Gasteiger partial charge is 0.128 e. The summed E-state index contributed by atoms with van der Waals surface area (Å²) in [5, 5.41) is 3.16. The number of methoxy groups -OCH3 is 1. The van der Waals surface area contributed by atoms with Gasteiger partial charge < -0.3 is 15.8 Å². The number of hydrogen-bond donors (Lipinski definition) is 2. The van der Waals surface area contributed by atoms with Gasteiger partial charge in [0, 0.05) is 18.9 Å². The first-order chi connectivity index (χ1) is 6.70. The van der Waals surface area contributed by atoms with Crippen molar-refractivity contribution in [2.75, 3.05) is 19.9 Å². The molecule has 0 bridgehead atoms. The molecule has 2 atom stereocenters. The lowest BCUT2D eigenvalue weighted by Crippen LogP contribution is -2.29. The number of nitrogens with one attached hydrogen (secondary N) is 1. The van der Waals surface area contributed by atoms with Crippen molar-refractivity contribution in [3.05, 3.63) is 23.9 Å². The molecule has 0 radical (unpaired) electrons. The standard InChI is InChI=1S/C10H17N3O/c1-7(14-3)9(12-2)8-5-4-6-13-10(8)11/h4-7,9,12H,1-3H3,(H2,11,13). The second kappa shape index (κ2) is 4.93. The zero-order valence-corrected chi connectivity index (χ0v) is 8.82. The van der Waals surface area contributed by atoms with Crippen LogP contribution in [0, 0.1) is 0 Å². The van der Waals surface area contributed by atoms with E-state index in [4.69, 9.17) is 10.5 Å². The van der Waals surface area contributed by atoms with Crippen LogP contribution >= 0.6 is 0 Å². The molecule has 4 heteroatoms. The fourth-order valence-electron chi connectivity index (χ4n) is 1.47. The van der Waals surface area contributed by atoms with E-state index in [1.165, 1.54) is 0 Å². The van der Waals surface area contributed by atoms with Gasteiger partial charge in [-0.3, -0.25) is 0 Å². The van der Waals surface area contributed by atoms with Gasteiger partial charge >= 0.3 is 0 Å². The Labute approximate surface area is 84.5 Å². The molecule has 3 N–H and O–H groups in total. The highest BCUT2D eigenvalue weighted by atomic mass is 16.5. The van der Waals surface area contributed by atoms with Gasteiger partial charge in [0.2, 0.25) is 0 Å². The van der Waals surface area contributed by atoms with Crippen molar-refractivity contribution < 1.29 is 4.74 Å². The molecule has 1 heterocycles. The minimum atomic E-state index is 0.0616. The maximum Gasteiger partial charge on any atom is 0.128 e. The highest BCUT2D eigenvalue weighted by Gasteiger charge is 2.19. The third-order valence-electron chi connectivity index (χ3n) is 2.36. The summed E-state index contributed by atoms with van der Waals surface area (Å²) >= 11 is 0. The lowest BCUT2D eigenvalue weighted by molar-refractivity contribution is 0.0858. The van der Waals surface area contributed by atoms with Crippen LogP contribution in [-0.4, -0.2) is 25.2 Å².